The average Bonchev–Trinajstić information content (AvgIpc) is 2.45. The summed E-state index contributed by atoms with van der Waals surface area (Å²) in [6.07, 6.45) is 1.54. The predicted molar refractivity (Wildman–Crippen MR) is 59.1 cm³/mol. The Morgan fingerprint density at radius 2 is 2.00 bits per heavy atom. The fourth-order valence-corrected chi connectivity index (χ4v) is 2.12. The van der Waals surface area contributed by atoms with Crippen LogP contribution in [0, 0.1) is 5.41 Å². The molecule has 1 heterocycles. The van der Waals surface area contributed by atoms with Gasteiger partial charge in [-0.25, -0.2) is 4.98 Å². The molecule has 1 aromatic rings. The van der Waals surface area contributed by atoms with Crippen molar-refractivity contribution in [1.29, 1.82) is 0 Å². The Kier molecular flexibility index (Phi) is 2.21. The molecule has 0 fully saturated rings. The second-order valence-corrected chi connectivity index (χ2v) is 5.54. The fraction of sp³-hybridized carbons (Fsp3) is 0.667. The molecule has 0 amide bonds. The first-order chi connectivity index (χ1) is 6.89. The van der Waals surface area contributed by atoms with E-state index in [0.717, 1.165) is 17.9 Å². The molecule has 0 bridgehead atoms. The van der Waals surface area contributed by atoms with Crippen LogP contribution in [0.4, 0.5) is 0 Å². The highest BCUT2D eigenvalue weighted by atomic mass is 16.1. The zero-order valence-electron chi connectivity index (χ0n) is 9.85. The van der Waals surface area contributed by atoms with E-state index in [9.17, 15) is 4.79 Å². The molecule has 0 radical (unpaired) electrons. The second kappa shape index (κ2) is 3.19. The van der Waals surface area contributed by atoms with Crippen LogP contribution in [0.2, 0.25) is 0 Å². The summed E-state index contributed by atoms with van der Waals surface area (Å²) in [5, 5.41) is 0. The number of hydrogen-bond donors (Lipinski definition) is 1. The van der Waals surface area contributed by atoms with Gasteiger partial charge in [-0.15, -0.1) is 0 Å². The summed E-state index contributed by atoms with van der Waals surface area (Å²) in [5.74, 6) is 1.47. The van der Waals surface area contributed by atoms with Gasteiger partial charge in [-0.3, -0.25) is 4.79 Å². The third kappa shape index (κ3) is 1.83. The number of carbonyl (C=O) groups excluding carboxylic acids is 1. The molecule has 0 unspecified atom stereocenters. The van der Waals surface area contributed by atoms with E-state index in [4.69, 9.17) is 0 Å². The number of ketones is 1. The third-order valence-corrected chi connectivity index (χ3v) is 2.90. The molecular weight excluding hydrogens is 188 g/mol. The topological polar surface area (TPSA) is 45.8 Å². The number of nitrogens with zero attached hydrogens (tertiary/aromatic N) is 1. The lowest BCUT2D eigenvalue weighted by Gasteiger charge is -2.27. The zero-order valence-corrected chi connectivity index (χ0v) is 9.85. The Hall–Kier alpha value is -1.12. The van der Waals surface area contributed by atoms with Crippen molar-refractivity contribution in [2.24, 2.45) is 5.41 Å². The lowest BCUT2D eigenvalue weighted by atomic mass is 9.77. The van der Waals surface area contributed by atoms with E-state index >= 15 is 0 Å². The molecule has 0 aliphatic heterocycles. The highest BCUT2D eigenvalue weighted by Gasteiger charge is 2.33. The van der Waals surface area contributed by atoms with Crippen LogP contribution >= 0.6 is 0 Å². The molecule has 2 rings (SSSR count). The van der Waals surface area contributed by atoms with E-state index in [1.54, 1.807) is 0 Å². The van der Waals surface area contributed by atoms with Gasteiger partial charge < -0.3 is 4.98 Å². The summed E-state index contributed by atoms with van der Waals surface area (Å²) >= 11 is 0. The standard InChI is InChI=1S/C12H18N2O/c1-7(2)11-13-8-5-12(3,4)6-9(15)10(8)14-11/h7H,5-6H2,1-4H3,(H,13,14). The first kappa shape index (κ1) is 10.4. The molecule has 0 saturated carbocycles. The van der Waals surface area contributed by atoms with E-state index < -0.39 is 0 Å². The summed E-state index contributed by atoms with van der Waals surface area (Å²) in [6, 6.07) is 0. The molecule has 1 aliphatic carbocycles. The van der Waals surface area contributed by atoms with Crippen LogP contribution in [-0.4, -0.2) is 15.8 Å². The van der Waals surface area contributed by atoms with E-state index in [0.29, 0.717) is 18.0 Å². The number of aromatic amines is 1. The van der Waals surface area contributed by atoms with E-state index in [-0.39, 0.29) is 11.2 Å². The maximum atomic E-state index is 11.9. The highest BCUT2D eigenvalue weighted by molar-refractivity contribution is 5.96. The molecule has 1 N–H and O–H groups in total. The Morgan fingerprint density at radius 1 is 1.33 bits per heavy atom. The average molecular weight is 206 g/mol. The lowest BCUT2D eigenvalue weighted by Crippen LogP contribution is -2.26. The molecule has 82 valence electrons. The van der Waals surface area contributed by atoms with Crippen LogP contribution < -0.4 is 0 Å². The van der Waals surface area contributed by atoms with Gasteiger partial charge in [-0.05, 0) is 11.8 Å². The highest BCUT2D eigenvalue weighted by Crippen LogP contribution is 2.34. The van der Waals surface area contributed by atoms with Crippen molar-refractivity contribution in [2.45, 2.75) is 46.5 Å². The summed E-state index contributed by atoms with van der Waals surface area (Å²) in [5.41, 5.74) is 1.78. The molecule has 3 nitrogen and oxygen atoms in total. The molecule has 1 aromatic heterocycles. The Labute approximate surface area is 90.3 Å². The smallest absolute Gasteiger partial charge is 0.183 e. The van der Waals surface area contributed by atoms with Crippen LogP contribution in [0.25, 0.3) is 0 Å². The normalized spacial score (nSPS) is 19.4. The third-order valence-electron chi connectivity index (χ3n) is 2.90. The molecular formula is C12H18N2O. The molecule has 0 spiro atoms. The van der Waals surface area contributed by atoms with E-state index in [1.165, 1.54) is 0 Å². The minimum absolute atomic E-state index is 0.0743. The van der Waals surface area contributed by atoms with Crippen molar-refractivity contribution in [2.75, 3.05) is 0 Å². The van der Waals surface area contributed by atoms with Gasteiger partial charge in [-0.2, -0.15) is 0 Å². The number of imidazole rings is 1. The van der Waals surface area contributed by atoms with Crippen molar-refractivity contribution in [3.05, 3.63) is 17.2 Å². The minimum Gasteiger partial charge on any atom is -0.345 e. The number of hydrogen-bond acceptors (Lipinski definition) is 2. The van der Waals surface area contributed by atoms with Crippen LogP contribution in [0.1, 0.15) is 62.0 Å². The number of nitrogens with one attached hydrogen (secondary N) is 1. The van der Waals surface area contributed by atoms with Gasteiger partial charge in [-0.1, -0.05) is 27.7 Å². The van der Waals surface area contributed by atoms with Crippen LogP contribution in [0.15, 0.2) is 0 Å². The Morgan fingerprint density at radius 3 is 2.60 bits per heavy atom. The zero-order chi connectivity index (χ0) is 11.2. The second-order valence-electron chi connectivity index (χ2n) is 5.54. The van der Waals surface area contributed by atoms with Gasteiger partial charge >= 0.3 is 0 Å². The first-order valence-corrected chi connectivity index (χ1v) is 5.51. The van der Waals surface area contributed by atoms with E-state index in [1.807, 2.05) is 0 Å². The molecule has 1 aliphatic rings. The van der Waals surface area contributed by atoms with Gasteiger partial charge in [0.1, 0.15) is 11.5 Å². The monoisotopic (exact) mass is 206 g/mol. The number of fused-ring (bicyclic) bond motifs is 1. The van der Waals surface area contributed by atoms with E-state index in [2.05, 4.69) is 37.7 Å². The van der Waals surface area contributed by atoms with Crippen molar-refractivity contribution in [3.8, 4) is 0 Å². The molecule has 15 heavy (non-hydrogen) atoms. The van der Waals surface area contributed by atoms with Gasteiger partial charge in [0.15, 0.2) is 5.78 Å². The Bertz CT molecular complexity index is 402. The first-order valence-electron chi connectivity index (χ1n) is 5.51. The maximum absolute atomic E-state index is 11.9. The summed E-state index contributed by atoms with van der Waals surface area (Å²) in [7, 11) is 0. The van der Waals surface area contributed by atoms with Crippen molar-refractivity contribution in [3.63, 3.8) is 0 Å². The largest absolute Gasteiger partial charge is 0.345 e. The minimum atomic E-state index is 0.0743. The summed E-state index contributed by atoms with van der Waals surface area (Å²) in [6.45, 7) is 8.42. The Balaban J connectivity index is 2.43. The fourth-order valence-electron chi connectivity index (χ4n) is 2.12. The van der Waals surface area contributed by atoms with Crippen molar-refractivity contribution < 1.29 is 4.79 Å². The van der Waals surface area contributed by atoms with Crippen LogP contribution in [0.5, 0.6) is 0 Å². The number of rotatable bonds is 1. The quantitative estimate of drug-likeness (QED) is 0.767. The number of aromatic nitrogens is 2. The molecule has 0 atom stereocenters. The summed E-state index contributed by atoms with van der Waals surface area (Å²) < 4.78 is 0. The number of carbonyl (C=O) groups is 1. The number of Topliss-reactive ketones (excluding diaryl/α,β-unsaturated/α-hetero) is 1. The van der Waals surface area contributed by atoms with Crippen molar-refractivity contribution >= 4 is 5.78 Å². The van der Waals surface area contributed by atoms with Crippen LogP contribution in [0.3, 0.4) is 0 Å². The van der Waals surface area contributed by atoms with Gasteiger partial charge in [0.05, 0.1) is 0 Å². The molecule has 0 aromatic carbocycles. The number of H-pyrrole nitrogens is 1. The SMILES string of the molecule is CC(C)c1nc2c([nH]1)CC(C)(C)CC2=O. The summed E-state index contributed by atoms with van der Waals surface area (Å²) in [4.78, 5) is 19.5. The van der Waals surface area contributed by atoms with Gasteiger partial charge in [0.2, 0.25) is 0 Å². The maximum Gasteiger partial charge on any atom is 0.183 e. The predicted octanol–water partition coefficient (Wildman–Crippen LogP) is 2.69. The molecule has 0 saturated heterocycles. The van der Waals surface area contributed by atoms with Crippen LogP contribution in [-0.2, 0) is 6.42 Å². The van der Waals surface area contributed by atoms with Gasteiger partial charge in [0, 0.05) is 18.0 Å². The van der Waals surface area contributed by atoms with Crippen molar-refractivity contribution in [1.82, 2.24) is 9.97 Å². The lowest BCUT2D eigenvalue weighted by molar-refractivity contribution is 0.0906. The van der Waals surface area contributed by atoms with Gasteiger partial charge in [0.25, 0.3) is 0 Å². The molecule has 3 heteroatoms.